The molecule has 1 fully saturated rings. The first-order chi connectivity index (χ1) is 12.5. The third-order valence-electron chi connectivity index (χ3n) is 4.54. The van der Waals surface area contributed by atoms with Crippen LogP contribution >= 0.6 is 11.6 Å². The van der Waals surface area contributed by atoms with E-state index in [2.05, 4.69) is 15.3 Å². The Morgan fingerprint density at radius 3 is 2.58 bits per heavy atom. The normalized spacial score (nSPS) is 16.5. The van der Waals surface area contributed by atoms with Crippen LogP contribution in [0.1, 0.15) is 18.4 Å². The van der Waals surface area contributed by atoms with Crippen LogP contribution in [0.4, 0.5) is 0 Å². The monoisotopic (exact) mass is 396 g/mol. The highest BCUT2D eigenvalue weighted by Gasteiger charge is 2.32. The number of sulfonamides is 1. The fourth-order valence-corrected chi connectivity index (χ4v) is 4.50. The lowest BCUT2D eigenvalue weighted by molar-refractivity contribution is -0.126. The lowest BCUT2D eigenvalue weighted by Crippen LogP contribution is -2.43. The number of nitrogens with one attached hydrogen (secondary N) is 2. The summed E-state index contributed by atoms with van der Waals surface area (Å²) in [4.78, 5) is 18.7. The fourth-order valence-electron chi connectivity index (χ4n) is 3.01. The highest BCUT2D eigenvalue weighted by Crippen LogP contribution is 2.22. The second kappa shape index (κ2) is 8.20. The number of aromatic amines is 1. The molecule has 0 radical (unpaired) electrons. The molecule has 0 bridgehead atoms. The summed E-state index contributed by atoms with van der Waals surface area (Å²) >= 11 is 5.85. The van der Waals surface area contributed by atoms with Gasteiger partial charge in [-0.3, -0.25) is 4.79 Å². The number of benzene rings is 1. The van der Waals surface area contributed by atoms with Gasteiger partial charge in [-0.1, -0.05) is 23.7 Å². The number of nitrogens with zero attached hydrogens (tertiary/aromatic N) is 2. The van der Waals surface area contributed by atoms with Crippen molar-refractivity contribution >= 4 is 27.5 Å². The predicted octanol–water partition coefficient (Wildman–Crippen LogP) is 1.82. The smallest absolute Gasteiger partial charge is 0.260 e. The zero-order chi connectivity index (χ0) is 18.6. The van der Waals surface area contributed by atoms with Crippen LogP contribution < -0.4 is 5.32 Å². The van der Waals surface area contributed by atoms with E-state index >= 15 is 0 Å². The van der Waals surface area contributed by atoms with E-state index in [1.165, 1.54) is 16.8 Å². The lowest BCUT2D eigenvalue weighted by Gasteiger charge is -2.30. The van der Waals surface area contributed by atoms with Gasteiger partial charge in [0.2, 0.25) is 5.91 Å². The molecule has 0 spiro atoms. The second-order valence-corrected chi connectivity index (χ2v) is 8.60. The number of hydrogen-bond donors (Lipinski definition) is 2. The van der Waals surface area contributed by atoms with Crippen molar-refractivity contribution in [2.45, 2.75) is 24.3 Å². The highest BCUT2D eigenvalue weighted by molar-refractivity contribution is 7.89. The molecule has 1 amide bonds. The van der Waals surface area contributed by atoms with E-state index in [1.807, 2.05) is 24.3 Å². The standard InChI is InChI=1S/C17H21ClN4O3S/c18-15-3-1-13(2-4-15)5-8-20-17(23)14-6-9-22(10-7-14)26(24,25)16-11-19-12-21-16/h1-4,11-12,14H,5-10H2,(H,19,21)(H,20,23). The van der Waals surface area contributed by atoms with Crippen LogP contribution in [0.2, 0.25) is 5.02 Å². The zero-order valence-corrected chi connectivity index (χ0v) is 15.8. The first-order valence-electron chi connectivity index (χ1n) is 8.47. The molecule has 0 unspecified atom stereocenters. The van der Waals surface area contributed by atoms with Crippen molar-refractivity contribution in [2.75, 3.05) is 19.6 Å². The Balaban J connectivity index is 1.45. The van der Waals surface area contributed by atoms with Crippen LogP contribution in [0.3, 0.4) is 0 Å². The summed E-state index contributed by atoms with van der Waals surface area (Å²) in [5.41, 5.74) is 1.11. The second-order valence-electron chi connectivity index (χ2n) is 6.26. The Morgan fingerprint density at radius 2 is 1.96 bits per heavy atom. The summed E-state index contributed by atoms with van der Waals surface area (Å²) in [5, 5.41) is 3.72. The van der Waals surface area contributed by atoms with E-state index in [0.29, 0.717) is 37.5 Å². The Kier molecular flexibility index (Phi) is 5.95. The molecule has 2 aromatic rings. The molecule has 26 heavy (non-hydrogen) atoms. The molecule has 7 nitrogen and oxygen atoms in total. The number of carbonyl (C=O) groups is 1. The highest BCUT2D eigenvalue weighted by atomic mass is 35.5. The maximum Gasteiger partial charge on any atom is 0.260 e. The summed E-state index contributed by atoms with van der Waals surface area (Å²) in [5.74, 6) is -0.175. The largest absolute Gasteiger partial charge is 0.356 e. The molecular formula is C17H21ClN4O3S. The Labute approximate surface area is 157 Å². The summed E-state index contributed by atoms with van der Waals surface area (Å²) in [6, 6.07) is 7.53. The molecule has 9 heteroatoms. The molecule has 0 saturated carbocycles. The molecule has 1 aromatic heterocycles. The summed E-state index contributed by atoms with van der Waals surface area (Å²) in [7, 11) is -3.55. The van der Waals surface area contributed by atoms with Gasteiger partial charge in [-0.05, 0) is 37.0 Å². The van der Waals surface area contributed by atoms with Crippen molar-refractivity contribution < 1.29 is 13.2 Å². The number of imidazole rings is 1. The first kappa shape index (κ1) is 18.9. The van der Waals surface area contributed by atoms with Gasteiger partial charge in [0, 0.05) is 30.6 Å². The minimum atomic E-state index is -3.55. The Morgan fingerprint density at radius 1 is 1.27 bits per heavy atom. The van der Waals surface area contributed by atoms with E-state index < -0.39 is 10.0 Å². The molecule has 0 atom stereocenters. The van der Waals surface area contributed by atoms with Gasteiger partial charge in [-0.15, -0.1) is 0 Å². The zero-order valence-electron chi connectivity index (χ0n) is 14.2. The number of H-pyrrole nitrogens is 1. The minimum Gasteiger partial charge on any atom is -0.356 e. The van der Waals surface area contributed by atoms with E-state index in [-0.39, 0.29) is 16.9 Å². The maximum absolute atomic E-state index is 12.4. The van der Waals surface area contributed by atoms with Gasteiger partial charge in [0.05, 0.1) is 12.5 Å². The molecular weight excluding hydrogens is 376 g/mol. The van der Waals surface area contributed by atoms with Gasteiger partial charge < -0.3 is 10.3 Å². The molecule has 2 heterocycles. The van der Waals surface area contributed by atoms with Gasteiger partial charge in [0.1, 0.15) is 0 Å². The van der Waals surface area contributed by atoms with Crippen molar-refractivity contribution in [3.63, 3.8) is 0 Å². The fraction of sp³-hybridized carbons (Fsp3) is 0.412. The number of piperidine rings is 1. The number of aromatic nitrogens is 2. The molecule has 1 aromatic carbocycles. The SMILES string of the molecule is O=C(NCCc1ccc(Cl)cc1)C1CCN(S(=O)(=O)c2cnc[nH]2)CC1. The molecule has 3 rings (SSSR count). The van der Waals surface area contributed by atoms with E-state index in [9.17, 15) is 13.2 Å². The first-order valence-corrected chi connectivity index (χ1v) is 10.3. The number of carbonyl (C=O) groups excluding carboxylic acids is 1. The Hall–Kier alpha value is -1.90. The summed E-state index contributed by atoms with van der Waals surface area (Å²) in [6.07, 6.45) is 4.40. The number of hydrogen-bond acceptors (Lipinski definition) is 4. The topological polar surface area (TPSA) is 95.2 Å². The molecule has 1 aliphatic heterocycles. The van der Waals surface area contributed by atoms with Gasteiger partial charge in [-0.2, -0.15) is 4.31 Å². The molecule has 140 valence electrons. The van der Waals surface area contributed by atoms with Crippen LogP contribution in [-0.2, 0) is 21.2 Å². The van der Waals surface area contributed by atoms with Crippen LogP contribution in [0.15, 0.2) is 41.8 Å². The van der Waals surface area contributed by atoms with E-state index in [4.69, 9.17) is 11.6 Å². The summed E-state index contributed by atoms with van der Waals surface area (Å²) in [6.45, 7) is 1.21. The average molecular weight is 397 g/mol. The van der Waals surface area contributed by atoms with Crippen molar-refractivity contribution in [1.29, 1.82) is 0 Å². The van der Waals surface area contributed by atoms with Crippen molar-refractivity contribution in [2.24, 2.45) is 5.92 Å². The van der Waals surface area contributed by atoms with E-state index in [0.717, 1.165) is 12.0 Å². The molecule has 1 saturated heterocycles. The third-order valence-corrected chi connectivity index (χ3v) is 6.62. The number of amides is 1. The number of rotatable bonds is 6. The van der Waals surface area contributed by atoms with Crippen molar-refractivity contribution in [3.05, 3.63) is 47.4 Å². The van der Waals surface area contributed by atoms with Gasteiger partial charge in [0.25, 0.3) is 10.0 Å². The third kappa shape index (κ3) is 4.44. The minimum absolute atomic E-state index is 0.0162. The maximum atomic E-state index is 12.4. The van der Waals surface area contributed by atoms with Crippen LogP contribution in [-0.4, -0.2) is 48.2 Å². The molecule has 1 aliphatic rings. The quantitative estimate of drug-likeness (QED) is 0.778. The van der Waals surface area contributed by atoms with Crippen molar-refractivity contribution in [3.8, 4) is 0 Å². The van der Waals surface area contributed by atoms with Gasteiger partial charge in [0.15, 0.2) is 5.03 Å². The van der Waals surface area contributed by atoms with Crippen LogP contribution in [0.25, 0.3) is 0 Å². The van der Waals surface area contributed by atoms with Crippen molar-refractivity contribution in [1.82, 2.24) is 19.6 Å². The lowest BCUT2D eigenvalue weighted by atomic mass is 9.97. The predicted molar refractivity (Wildman–Crippen MR) is 98.2 cm³/mol. The van der Waals surface area contributed by atoms with E-state index in [1.54, 1.807) is 0 Å². The van der Waals surface area contributed by atoms with Crippen LogP contribution in [0, 0.1) is 5.92 Å². The average Bonchev–Trinajstić information content (AvgIpc) is 3.19. The van der Waals surface area contributed by atoms with Gasteiger partial charge in [-0.25, -0.2) is 13.4 Å². The molecule has 0 aliphatic carbocycles. The van der Waals surface area contributed by atoms with Crippen LogP contribution in [0.5, 0.6) is 0 Å². The molecule has 2 N–H and O–H groups in total. The number of halogens is 1. The Bertz CT molecular complexity index is 829. The summed E-state index contributed by atoms with van der Waals surface area (Å²) < 4.78 is 26.2. The van der Waals surface area contributed by atoms with Gasteiger partial charge >= 0.3 is 0 Å².